The standard InChI is InChI=1S/C23H23FN4O2/c1-23(2)12-28-22(30-13-23)19(20(27-28)14-5-7-17(24)8-6-14)16-9-10-25-18(11-16)26-21(29)15-3-4-15/h5-11,15H,3-4,12-13H2,1-2H3,(H,25,26,29). The molecule has 154 valence electrons. The number of pyridine rings is 1. The summed E-state index contributed by atoms with van der Waals surface area (Å²) in [6.07, 6.45) is 3.53. The summed E-state index contributed by atoms with van der Waals surface area (Å²) in [5.41, 5.74) is 3.14. The first-order valence-corrected chi connectivity index (χ1v) is 10.2. The van der Waals surface area contributed by atoms with Crippen molar-refractivity contribution in [2.24, 2.45) is 11.3 Å². The molecule has 0 spiro atoms. The molecule has 7 heteroatoms. The van der Waals surface area contributed by atoms with Crippen LogP contribution in [0.5, 0.6) is 5.88 Å². The molecule has 1 fully saturated rings. The van der Waals surface area contributed by atoms with E-state index in [9.17, 15) is 9.18 Å². The number of benzene rings is 1. The van der Waals surface area contributed by atoms with E-state index >= 15 is 0 Å². The molecule has 1 aliphatic carbocycles. The smallest absolute Gasteiger partial charge is 0.228 e. The van der Waals surface area contributed by atoms with E-state index < -0.39 is 0 Å². The first-order valence-electron chi connectivity index (χ1n) is 10.2. The fourth-order valence-electron chi connectivity index (χ4n) is 3.71. The maximum atomic E-state index is 13.5. The average Bonchev–Trinajstić information content (AvgIpc) is 3.49. The second-order valence-electron chi connectivity index (χ2n) is 8.84. The summed E-state index contributed by atoms with van der Waals surface area (Å²) in [6.45, 7) is 5.55. The molecule has 3 aromatic rings. The van der Waals surface area contributed by atoms with Crippen molar-refractivity contribution in [2.75, 3.05) is 11.9 Å². The van der Waals surface area contributed by atoms with Gasteiger partial charge in [0.15, 0.2) is 0 Å². The number of ether oxygens (including phenoxy) is 1. The van der Waals surface area contributed by atoms with Gasteiger partial charge in [0.25, 0.3) is 0 Å². The van der Waals surface area contributed by atoms with Crippen LogP contribution in [0.2, 0.25) is 0 Å². The number of rotatable bonds is 4. The second kappa shape index (κ2) is 6.93. The van der Waals surface area contributed by atoms with Crippen LogP contribution in [0.25, 0.3) is 22.4 Å². The van der Waals surface area contributed by atoms with Crippen molar-refractivity contribution in [3.8, 4) is 28.3 Å². The third kappa shape index (κ3) is 3.56. The summed E-state index contributed by atoms with van der Waals surface area (Å²) in [4.78, 5) is 16.5. The Bertz CT molecular complexity index is 1120. The van der Waals surface area contributed by atoms with Crippen LogP contribution in [0.3, 0.4) is 0 Å². The predicted octanol–water partition coefficient (Wildman–Crippen LogP) is 4.52. The number of halogens is 1. The third-order valence-corrected chi connectivity index (χ3v) is 5.45. The molecule has 1 amide bonds. The monoisotopic (exact) mass is 406 g/mol. The normalized spacial score (nSPS) is 17.2. The second-order valence-corrected chi connectivity index (χ2v) is 8.84. The van der Waals surface area contributed by atoms with Gasteiger partial charge in [-0.15, -0.1) is 0 Å². The Kier molecular flexibility index (Phi) is 4.34. The van der Waals surface area contributed by atoms with Gasteiger partial charge in [0.2, 0.25) is 11.8 Å². The topological polar surface area (TPSA) is 69.0 Å². The van der Waals surface area contributed by atoms with Crippen LogP contribution in [-0.4, -0.2) is 27.3 Å². The molecule has 0 bridgehead atoms. The van der Waals surface area contributed by atoms with E-state index in [2.05, 4.69) is 24.1 Å². The van der Waals surface area contributed by atoms with Gasteiger partial charge >= 0.3 is 0 Å². The molecule has 2 aliphatic rings. The molecule has 5 rings (SSSR count). The zero-order valence-electron chi connectivity index (χ0n) is 17.0. The molecular formula is C23H23FN4O2. The fourth-order valence-corrected chi connectivity index (χ4v) is 3.71. The van der Waals surface area contributed by atoms with Gasteiger partial charge in [0.05, 0.1) is 18.7 Å². The number of amides is 1. The Hall–Kier alpha value is -3.22. The van der Waals surface area contributed by atoms with E-state index in [1.54, 1.807) is 18.3 Å². The zero-order valence-corrected chi connectivity index (χ0v) is 17.0. The van der Waals surface area contributed by atoms with Gasteiger partial charge in [-0.3, -0.25) is 4.79 Å². The lowest BCUT2D eigenvalue weighted by atomic mass is 9.94. The van der Waals surface area contributed by atoms with E-state index in [-0.39, 0.29) is 23.1 Å². The summed E-state index contributed by atoms with van der Waals surface area (Å²) in [5.74, 6) is 0.994. The highest BCUT2D eigenvalue weighted by atomic mass is 19.1. The van der Waals surface area contributed by atoms with Gasteiger partial charge in [-0.05, 0) is 54.8 Å². The Morgan fingerprint density at radius 2 is 1.97 bits per heavy atom. The van der Waals surface area contributed by atoms with Crippen LogP contribution >= 0.6 is 0 Å². The zero-order chi connectivity index (χ0) is 20.9. The summed E-state index contributed by atoms with van der Waals surface area (Å²) >= 11 is 0. The van der Waals surface area contributed by atoms with Gasteiger partial charge < -0.3 is 10.1 Å². The van der Waals surface area contributed by atoms with Crippen LogP contribution in [0, 0.1) is 17.2 Å². The Morgan fingerprint density at radius 1 is 1.20 bits per heavy atom. The van der Waals surface area contributed by atoms with Gasteiger partial charge in [0.1, 0.15) is 17.3 Å². The van der Waals surface area contributed by atoms with Crippen molar-refractivity contribution < 1.29 is 13.9 Å². The maximum Gasteiger partial charge on any atom is 0.228 e. The van der Waals surface area contributed by atoms with E-state index in [1.807, 2.05) is 16.8 Å². The first-order chi connectivity index (χ1) is 14.4. The van der Waals surface area contributed by atoms with Crippen LogP contribution in [0.15, 0.2) is 42.6 Å². The number of nitrogens with zero attached hydrogens (tertiary/aromatic N) is 3. The lowest BCUT2D eigenvalue weighted by Crippen LogP contribution is -2.33. The molecule has 2 aromatic heterocycles. The quantitative estimate of drug-likeness (QED) is 0.692. The minimum atomic E-state index is -0.296. The van der Waals surface area contributed by atoms with Gasteiger partial charge in [0, 0.05) is 23.1 Å². The van der Waals surface area contributed by atoms with Crippen molar-refractivity contribution in [1.82, 2.24) is 14.8 Å². The van der Waals surface area contributed by atoms with Crippen molar-refractivity contribution in [1.29, 1.82) is 0 Å². The Balaban J connectivity index is 1.60. The number of carbonyl (C=O) groups is 1. The molecule has 30 heavy (non-hydrogen) atoms. The number of hydrogen-bond donors (Lipinski definition) is 1. The minimum Gasteiger partial charge on any atom is -0.477 e. The lowest BCUT2D eigenvalue weighted by molar-refractivity contribution is -0.117. The molecule has 0 radical (unpaired) electrons. The molecule has 0 unspecified atom stereocenters. The highest BCUT2D eigenvalue weighted by Crippen LogP contribution is 2.43. The summed E-state index contributed by atoms with van der Waals surface area (Å²) in [6, 6.07) is 10.0. The van der Waals surface area contributed by atoms with E-state index in [4.69, 9.17) is 9.84 Å². The molecule has 0 saturated heterocycles. The van der Waals surface area contributed by atoms with Crippen molar-refractivity contribution in [3.05, 3.63) is 48.4 Å². The average molecular weight is 406 g/mol. The molecule has 1 aromatic carbocycles. The van der Waals surface area contributed by atoms with Crippen LogP contribution in [0.4, 0.5) is 10.2 Å². The number of aromatic nitrogens is 3. The summed E-state index contributed by atoms with van der Waals surface area (Å²) in [5, 5.41) is 7.71. The molecule has 0 atom stereocenters. The number of fused-ring (bicyclic) bond motifs is 1. The first kappa shape index (κ1) is 18.8. The number of carbonyl (C=O) groups excluding carboxylic acids is 1. The van der Waals surface area contributed by atoms with E-state index in [0.717, 1.165) is 29.5 Å². The lowest BCUT2D eigenvalue weighted by Gasteiger charge is -2.30. The number of hydrogen-bond acceptors (Lipinski definition) is 4. The van der Waals surface area contributed by atoms with Crippen molar-refractivity contribution in [2.45, 2.75) is 33.2 Å². The number of anilines is 1. The molecule has 6 nitrogen and oxygen atoms in total. The largest absolute Gasteiger partial charge is 0.477 e. The highest BCUT2D eigenvalue weighted by molar-refractivity contribution is 5.94. The van der Waals surface area contributed by atoms with E-state index in [0.29, 0.717) is 30.5 Å². The van der Waals surface area contributed by atoms with Crippen LogP contribution in [0.1, 0.15) is 26.7 Å². The Labute approximate surface area is 174 Å². The molecular weight excluding hydrogens is 383 g/mol. The van der Waals surface area contributed by atoms with Crippen molar-refractivity contribution in [3.63, 3.8) is 0 Å². The van der Waals surface area contributed by atoms with E-state index in [1.165, 1.54) is 12.1 Å². The minimum absolute atomic E-state index is 0.00782. The maximum absolute atomic E-state index is 13.5. The SMILES string of the molecule is CC1(C)COc2c(-c3ccnc(NC(=O)C4CC4)c3)c(-c3ccc(F)cc3)nn2C1. The van der Waals surface area contributed by atoms with Gasteiger partial charge in [-0.1, -0.05) is 13.8 Å². The van der Waals surface area contributed by atoms with Crippen LogP contribution < -0.4 is 10.1 Å². The summed E-state index contributed by atoms with van der Waals surface area (Å²) in [7, 11) is 0. The summed E-state index contributed by atoms with van der Waals surface area (Å²) < 4.78 is 21.5. The van der Waals surface area contributed by atoms with Gasteiger partial charge in [-0.2, -0.15) is 5.10 Å². The molecule has 1 aliphatic heterocycles. The fraction of sp³-hybridized carbons (Fsp3) is 0.348. The van der Waals surface area contributed by atoms with Gasteiger partial charge in [-0.25, -0.2) is 14.1 Å². The molecule has 1 N–H and O–H groups in total. The molecule has 3 heterocycles. The Morgan fingerprint density at radius 3 is 2.70 bits per heavy atom. The van der Waals surface area contributed by atoms with Crippen LogP contribution in [-0.2, 0) is 11.3 Å². The predicted molar refractivity (Wildman–Crippen MR) is 111 cm³/mol. The molecule has 1 saturated carbocycles. The number of nitrogens with one attached hydrogen (secondary N) is 1. The highest BCUT2D eigenvalue weighted by Gasteiger charge is 2.33. The van der Waals surface area contributed by atoms with Crippen molar-refractivity contribution >= 4 is 11.7 Å². The third-order valence-electron chi connectivity index (χ3n) is 5.45.